The Bertz CT molecular complexity index is 521. The van der Waals surface area contributed by atoms with E-state index in [0.717, 1.165) is 17.6 Å². The van der Waals surface area contributed by atoms with E-state index in [1.165, 1.54) is 12.1 Å². The number of fused-ring (bicyclic) bond motifs is 1. The molecule has 0 aliphatic carbocycles. The number of aromatic nitrogens is 1. The van der Waals surface area contributed by atoms with Gasteiger partial charge in [0, 0.05) is 16.8 Å². The van der Waals surface area contributed by atoms with Gasteiger partial charge in [0.05, 0.1) is 5.52 Å². The first-order valence-corrected chi connectivity index (χ1v) is 5.41. The number of hydrogen-bond donors (Lipinski definition) is 1. The molecule has 3 heteroatoms. The lowest BCUT2D eigenvalue weighted by Crippen LogP contribution is -2.00. The van der Waals surface area contributed by atoms with Crippen molar-refractivity contribution in [3.05, 3.63) is 35.8 Å². The maximum absolute atomic E-state index is 13.0. The number of nitrogens with zero attached hydrogens (tertiary/aromatic N) is 1. The highest BCUT2D eigenvalue weighted by molar-refractivity contribution is 5.90. The van der Waals surface area contributed by atoms with Crippen LogP contribution < -0.4 is 5.73 Å². The largest absolute Gasteiger partial charge is 0.398 e. The maximum atomic E-state index is 13.0. The van der Waals surface area contributed by atoms with E-state index in [1.807, 2.05) is 6.07 Å². The normalized spacial score (nSPS) is 11.2. The zero-order valence-electron chi connectivity index (χ0n) is 9.50. The van der Waals surface area contributed by atoms with E-state index in [9.17, 15) is 4.39 Å². The van der Waals surface area contributed by atoms with Gasteiger partial charge in [0.25, 0.3) is 0 Å². The van der Waals surface area contributed by atoms with Crippen molar-refractivity contribution in [2.75, 3.05) is 5.73 Å². The molecule has 2 N–H and O–H groups in total. The summed E-state index contributed by atoms with van der Waals surface area (Å²) >= 11 is 0. The molecular weight excluding hydrogens is 203 g/mol. The van der Waals surface area contributed by atoms with Gasteiger partial charge in [-0.15, -0.1) is 0 Å². The average molecular weight is 218 g/mol. The maximum Gasteiger partial charge on any atom is 0.124 e. The predicted molar refractivity (Wildman–Crippen MR) is 64.7 cm³/mol. The van der Waals surface area contributed by atoms with Crippen LogP contribution in [0.2, 0.25) is 0 Å². The second-order valence-electron chi connectivity index (χ2n) is 4.46. The molecule has 0 fully saturated rings. The molecule has 0 atom stereocenters. The van der Waals surface area contributed by atoms with Crippen molar-refractivity contribution in [1.82, 2.24) is 4.98 Å². The van der Waals surface area contributed by atoms with Crippen LogP contribution in [0.5, 0.6) is 0 Å². The Kier molecular flexibility index (Phi) is 2.77. The number of nitrogen functional groups attached to an aromatic ring is 1. The van der Waals surface area contributed by atoms with Gasteiger partial charge < -0.3 is 5.73 Å². The van der Waals surface area contributed by atoms with Crippen molar-refractivity contribution in [3.63, 3.8) is 0 Å². The van der Waals surface area contributed by atoms with E-state index < -0.39 is 0 Å². The summed E-state index contributed by atoms with van der Waals surface area (Å²) in [6.45, 7) is 4.26. The Hall–Kier alpha value is -1.64. The van der Waals surface area contributed by atoms with Crippen LogP contribution in [0.1, 0.15) is 19.5 Å². The first-order valence-electron chi connectivity index (χ1n) is 5.41. The molecule has 16 heavy (non-hydrogen) atoms. The number of pyridine rings is 1. The lowest BCUT2D eigenvalue weighted by molar-refractivity contribution is 0.628. The van der Waals surface area contributed by atoms with Gasteiger partial charge in [-0.2, -0.15) is 0 Å². The number of anilines is 1. The summed E-state index contributed by atoms with van der Waals surface area (Å²) in [7, 11) is 0. The second-order valence-corrected chi connectivity index (χ2v) is 4.46. The SMILES string of the molecule is CC(C)Cc1cc(N)c2cc(F)ccc2n1. The molecule has 0 radical (unpaired) electrons. The number of nitrogens with two attached hydrogens (primary N) is 1. The van der Waals surface area contributed by atoms with Crippen LogP contribution in [-0.2, 0) is 6.42 Å². The molecule has 2 aromatic rings. The second kappa shape index (κ2) is 4.08. The molecule has 0 spiro atoms. The summed E-state index contributed by atoms with van der Waals surface area (Å²) in [5.41, 5.74) is 8.22. The van der Waals surface area contributed by atoms with Gasteiger partial charge in [-0.1, -0.05) is 13.8 Å². The van der Waals surface area contributed by atoms with Crippen molar-refractivity contribution in [3.8, 4) is 0 Å². The van der Waals surface area contributed by atoms with E-state index in [1.54, 1.807) is 6.07 Å². The van der Waals surface area contributed by atoms with Gasteiger partial charge >= 0.3 is 0 Å². The number of benzene rings is 1. The molecule has 0 saturated heterocycles. The summed E-state index contributed by atoms with van der Waals surface area (Å²) < 4.78 is 13.0. The van der Waals surface area contributed by atoms with E-state index >= 15 is 0 Å². The minimum Gasteiger partial charge on any atom is -0.398 e. The van der Waals surface area contributed by atoms with Gasteiger partial charge in [-0.25, -0.2) is 4.39 Å². The first-order chi connectivity index (χ1) is 7.56. The molecule has 0 bridgehead atoms. The Labute approximate surface area is 94.3 Å². The quantitative estimate of drug-likeness (QED) is 0.841. The topological polar surface area (TPSA) is 38.9 Å². The molecule has 2 rings (SSSR count). The lowest BCUT2D eigenvalue weighted by atomic mass is 10.1. The third kappa shape index (κ3) is 2.13. The highest BCUT2D eigenvalue weighted by Gasteiger charge is 2.06. The zero-order chi connectivity index (χ0) is 11.7. The highest BCUT2D eigenvalue weighted by atomic mass is 19.1. The van der Waals surface area contributed by atoms with Crippen molar-refractivity contribution in [1.29, 1.82) is 0 Å². The smallest absolute Gasteiger partial charge is 0.124 e. The van der Waals surface area contributed by atoms with E-state index in [-0.39, 0.29) is 5.82 Å². The summed E-state index contributed by atoms with van der Waals surface area (Å²) in [6.07, 6.45) is 0.886. The molecule has 0 unspecified atom stereocenters. The molecule has 1 aromatic carbocycles. The number of hydrogen-bond acceptors (Lipinski definition) is 2. The summed E-state index contributed by atoms with van der Waals surface area (Å²) in [5, 5.41) is 0.688. The van der Waals surface area contributed by atoms with Gasteiger partial charge in [0.1, 0.15) is 5.82 Å². The minimum atomic E-state index is -0.280. The molecular formula is C13H15FN2. The summed E-state index contributed by atoms with van der Waals surface area (Å²) in [5.74, 6) is 0.252. The van der Waals surface area contributed by atoms with Crippen LogP contribution >= 0.6 is 0 Å². The van der Waals surface area contributed by atoms with Crippen molar-refractivity contribution >= 4 is 16.6 Å². The van der Waals surface area contributed by atoms with Crippen molar-refractivity contribution in [2.45, 2.75) is 20.3 Å². The summed E-state index contributed by atoms with van der Waals surface area (Å²) in [4.78, 5) is 4.47. The van der Waals surface area contributed by atoms with Crippen LogP contribution in [0.15, 0.2) is 24.3 Å². The zero-order valence-corrected chi connectivity index (χ0v) is 9.50. The fourth-order valence-electron chi connectivity index (χ4n) is 1.80. The lowest BCUT2D eigenvalue weighted by Gasteiger charge is -2.08. The fraction of sp³-hybridized carbons (Fsp3) is 0.308. The van der Waals surface area contributed by atoms with Gasteiger partial charge in [-0.3, -0.25) is 4.98 Å². The Balaban J connectivity index is 2.55. The van der Waals surface area contributed by atoms with Crippen LogP contribution in [0, 0.1) is 11.7 Å². The number of halogens is 1. The van der Waals surface area contributed by atoms with Crippen LogP contribution in [0.25, 0.3) is 10.9 Å². The van der Waals surface area contributed by atoms with E-state index in [2.05, 4.69) is 18.8 Å². The fourth-order valence-corrected chi connectivity index (χ4v) is 1.80. The molecule has 2 nitrogen and oxygen atoms in total. The third-order valence-electron chi connectivity index (χ3n) is 2.47. The van der Waals surface area contributed by atoms with Crippen LogP contribution in [-0.4, -0.2) is 4.98 Å². The van der Waals surface area contributed by atoms with Gasteiger partial charge in [-0.05, 0) is 36.6 Å². The molecule has 1 aromatic heterocycles. The van der Waals surface area contributed by atoms with Gasteiger partial charge in [0.15, 0.2) is 0 Å². The summed E-state index contributed by atoms with van der Waals surface area (Å²) in [6, 6.07) is 6.34. The van der Waals surface area contributed by atoms with E-state index in [4.69, 9.17) is 5.73 Å². The first kappa shape index (κ1) is 10.9. The minimum absolute atomic E-state index is 0.280. The Morgan fingerprint density at radius 1 is 1.31 bits per heavy atom. The van der Waals surface area contributed by atoms with Gasteiger partial charge in [0.2, 0.25) is 0 Å². The number of rotatable bonds is 2. The molecule has 0 aliphatic rings. The average Bonchev–Trinajstić information content (AvgIpc) is 2.18. The molecule has 1 heterocycles. The van der Waals surface area contributed by atoms with Crippen LogP contribution in [0.4, 0.5) is 10.1 Å². The van der Waals surface area contributed by atoms with E-state index in [0.29, 0.717) is 17.0 Å². The monoisotopic (exact) mass is 218 g/mol. The molecule has 0 saturated carbocycles. The van der Waals surface area contributed by atoms with Crippen molar-refractivity contribution < 1.29 is 4.39 Å². The van der Waals surface area contributed by atoms with Crippen molar-refractivity contribution in [2.24, 2.45) is 5.92 Å². The molecule has 0 aliphatic heterocycles. The van der Waals surface area contributed by atoms with Crippen LogP contribution in [0.3, 0.4) is 0 Å². The Morgan fingerprint density at radius 2 is 2.06 bits per heavy atom. The Morgan fingerprint density at radius 3 is 2.75 bits per heavy atom. The third-order valence-corrected chi connectivity index (χ3v) is 2.47. The standard InChI is InChI=1S/C13H15FN2/c1-8(2)5-10-7-12(15)11-6-9(14)3-4-13(11)16-10/h3-4,6-8H,5H2,1-2H3,(H2,15,16). The predicted octanol–water partition coefficient (Wildman–Crippen LogP) is 3.15. The highest BCUT2D eigenvalue weighted by Crippen LogP contribution is 2.22. The molecule has 84 valence electrons. The molecule has 0 amide bonds.